The van der Waals surface area contributed by atoms with E-state index in [1.807, 2.05) is 4.90 Å². The zero-order chi connectivity index (χ0) is 33.1. The SMILES string of the molecule is C.CCCCCCCC(O)CCC(=O)N(CCCC)CCCC.CCCCCCCC1CCC(=O)O1.CCCCNCCCC. The fourth-order valence-corrected chi connectivity index (χ4v) is 5.13. The average molecular weight is 643 g/mol. The molecule has 0 aliphatic carbocycles. The highest BCUT2D eigenvalue weighted by Gasteiger charge is 2.22. The topological polar surface area (TPSA) is 78.9 Å². The van der Waals surface area contributed by atoms with Crippen molar-refractivity contribution in [2.24, 2.45) is 0 Å². The van der Waals surface area contributed by atoms with Crippen LogP contribution in [0.25, 0.3) is 0 Å². The summed E-state index contributed by atoms with van der Waals surface area (Å²) in [7, 11) is 0. The molecule has 2 unspecified atom stereocenters. The Hall–Kier alpha value is -1.14. The molecule has 272 valence electrons. The Kier molecular flexibility index (Phi) is 41.9. The summed E-state index contributed by atoms with van der Waals surface area (Å²) in [5.41, 5.74) is 0. The zero-order valence-electron chi connectivity index (χ0n) is 30.6. The molecule has 1 amide bonds. The number of nitrogens with one attached hydrogen (secondary N) is 1. The lowest BCUT2D eigenvalue weighted by Gasteiger charge is -2.23. The van der Waals surface area contributed by atoms with Crippen LogP contribution in [0.15, 0.2) is 0 Å². The van der Waals surface area contributed by atoms with Crippen molar-refractivity contribution in [3.05, 3.63) is 0 Å². The molecule has 1 aliphatic heterocycles. The van der Waals surface area contributed by atoms with E-state index in [4.69, 9.17) is 4.74 Å². The number of amides is 1. The van der Waals surface area contributed by atoms with Crippen LogP contribution in [-0.4, -0.2) is 60.3 Å². The average Bonchev–Trinajstić information content (AvgIpc) is 3.45. The molecule has 0 aromatic rings. The van der Waals surface area contributed by atoms with Gasteiger partial charge in [0.05, 0.1) is 6.10 Å². The van der Waals surface area contributed by atoms with Crippen LogP contribution in [0.5, 0.6) is 0 Å². The predicted octanol–water partition coefficient (Wildman–Crippen LogP) is 10.8. The molecule has 6 heteroatoms. The molecule has 1 heterocycles. The highest BCUT2D eigenvalue weighted by atomic mass is 16.5. The summed E-state index contributed by atoms with van der Waals surface area (Å²) in [6.07, 6.45) is 26.8. The number of carbonyl (C=O) groups is 2. The molecule has 45 heavy (non-hydrogen) atoms. The summed E-state index contributed by atoms with van der Waals surface area (Å²) in [6.45, 7) is 17.4. The maximum atomic E-state index is 12.3. The number of aliphatic hydroxyl groups excluding tert-OH is 1. The normalized spacial score (nSPS) is 14.4. The van der Waals surface area contributed by atoms with Gasteiger partial charge in [0.15, 0.2) is 0 Å². The molecule has 0 spiro atoms. The number of aliphatic hydroxyl groups is 1. The summed E-state index contributed by atoms with van der Waals surface area (Å²) < 4.78 is 5.13. The molecule has 1 fully saturated rings. The second kappa shape index (κ2) is 39.0. The van der Waals surface area contributed by atoms with Crippen LogP contribution in [0.4, 0.5) is 0 Å². The van der Waals surface area contributed by atoms with Crippen molar-refractivity contribution in [2.45, 2.75) is 215 Å². The van der Waals surface area contributed by atoms with Gasteiger partial charge in [-0.15, -0.1) is 0 Å². The number of ether oxygens (including phenoxy) is 1. The fourth-order valence-electron chi connectivity index (χ4n) is 5.13. The first-order valence-corrected chi connectivity index (χ1v) is 19.3. The lowest BCUT2D eigenvalue weighted by atomic mass is 10.0. The van der Waals surface area contributed by atoms with Crippen molar-refractivity contribution < 1.29 is 19.4 Å². The summed E-state index contributed by atoms with van der Waals surface area (Å²) >= 11 is 0. The van der Waals surface area contributed by atoms with Gasteiger partial charge in [0.2, 0.25) is 5.91 Å². The van der Waals surface area contributed by atoms with Crippen molar-refractivity contribution >= 4 is 11.9 Å². The van der Waals surface area contributed by atoms with Crippen molar-refractivity contribution in [1.29, 1.82) is 0 Å². The smallest absolute Gasteiger partial charge is 0.306 e. The third-order valence-electron chi connectivity index (χ3n) is 8.26. The molecule has 0 aromatic heterocycles. The number of hydrogen-bond donors (Lipinski definition) is 2. The first-order chi connectivity index (χ1) is 21.4. The first kappa shape index (κ1) is 48.3. The van der Waals surface area contributed by atoms with Crippen LogP contribution in [-0.2, 0) is 14.3 Å². The molecule has 0 radical (unpaired) electrons. The Labute approximate surface area is 282 Å². The molecule has 2 N–H and O–H groups in total. The van der Waals surface area contributed by atoms with E-state index in [-0.39, 0.29) is 31.5 Å². The van der Waals surface area contributed by atoms with Crippen LogP contribution in [0, 0.1) is 0 Å². The summed E-state index contributed by atoms with van der Waals surface area (Å²) in [5, 5.41) is 13.4. The molecule has 6 nitrogen and oxygen atoms in total. The lowest BCUT2D eigenvalue weighted by Crippen LogP contribution is -2.33. The second-order valence-electron chi connectivity index (χ2n) is 12.8. The van der Waals surface area contributed by atoms with E-state index in [2.05, 4.69) is 46.9 Å². The Bertz CT molecular complexity index is 588. The van der Waals surface area contributed by atoms with Crippen LogP contribution in [0.3, 0.4) is 0 Å². The van der Waals surface area contributed by atoms with Crippen LogP contribution < -0.4 is 5.32 Å². The van der Waals surface area contributed by atoms with Gasteiger partial charge in [-0.05, 0) is 70.9 Å². The number of cyclic esters (lactones) is 1. The number of rotatable bonds is 27. The standard InChI is InChI=1S/C19H39NO2.C11H20O2.C8H19N.CH4/c1-4-7-10-11-12-13-18(21)14-15-19(22)20(16-8-5-2)17-9-6-3;1-2-3-4-5-6-7-10-8-9-11(12)13-10;1-3-5-7-9-8-6-4-2;/h18,21H,4-17H2,1-3H3;10H,2-9H2,1H3;9H,3-8H2,1-2H3;1H4. The van der Waals surface area contributed by atoms with E-state index < -0.39 is 0 Å². The highest BCUT2D eigenvalue weighted by Crippen LogP contribution is 2.19. The summed E-state index contributed by atoms with van der Waals surface area (Å²) in [6, 6.07) is 0. The predicted molar refractivity (Wildman–Crippen MR) is 197 cm³/mol. The van der Waals surface area contributed by atoms with Gasteiger partial charge >= 0.3 is 5.97 Å². The van der Waals surface area contributed by atoms with Gasteiger partial charge in [-0.25, -0.2) is 0 Å². The monoisotopic (exact) mass is 643 g/mol. The van der Waals surface area contributed by atoms with Crippen LogP contribution in [0.2, 0.25) is 0 Å². The van der Waals surface area contributed by atoms with E-state index >= 15 is 0 Å². The fraction of sp³-hybridized carbons (Fsp3) is 0.949. The molecular formula is C39H82N2O4. The van der Waals surface area contributed by atoms with E-state index in [1.165, 1.54) is 96.6 Å². The number of carbonyl (C=O) groups excluding carboxylic acids is 2. The Balaban J connectivity index is -0.000000647. The summed E-state index contributed by atoms with van der Waals surface area (Å²) in [5.74, 6) is 0.227. The Morgan fingerprint density at radius 1 is 0.733 bits per heavy atom. The Morgan fingerprint density at radius 2 is 1.22 bits per heavy atom. The number of hydrogen-bond acceptors (Lipinski definition) is 5. The minimum absolute atomic E-state index is 0. The van der Waals surface area contributed by atoms with Gasteiger partial charge in [0, 0.05) is 25.9 Å². The molecule has 0 aromatic carbocycles. The quantitative estimate of drug-likeness (QED) is 0.0688. The minimum atomic E-state index is -0.301. The zero-order valence-corrected chi connectivity index (χ0v) is 30.6. The van der Waals surface area contributed by atoms with Gasteiger partial charge < -0.3 is 20.1 Å². The Morgan fingerprint density at radius 3 is 1.69 bits per heavy atom. The summed E-state index contributed by atoms with van der Waals surface area (Å²) in [4.78, 5) is 25.1. The number of unbranched alkanes of at least 4 members (excludes halogenated alkanes) is 12. The number of esters is 1. The third kappa shape index (κ3) is 35.6. The van der Waals surface area contributed by atoms with E-state index in [9.17, 15) is 14.7 Å². The molecule has 1 aliphatic rings. The van der Waals surface area contributed by atoms with Gasteiger partial charge in [-0.2, -0.15) is 0 Å². The van der Waals surface area contributed by atoms with Crippen molar-refractivity contribution in [1.82, 2.24) is 10.2 Å². The third-order valence-corrected chi connectivity index (χ3v) is 8.26. The van der Waals surface area contributed by atoms with Gasteiger partial charge in [0.25, 0.3) is 0 Å². The van der Waals surface area contributed by atoms with Gasteiger partial charge in [-0.3, -0.25) is 9.59 Å². The molecular weight excluding hydrogens is 560 g/mol. The van der Waals surface area contributed by atoms with Crippen LogP contribution in [0.1, 0.15) is 203 Å². The second-order valence-corrected chi connectivity index (χ2v) is 12.8. The van der Waals surface area contributed by atoms with Crippen molar-refractivity contribution in [3.63, 3.8) is 0 Å². The van der Waals surface area contributed by atoms with E-state index in [0.29, 0.717) is 19.3 Å². The molecule has 2 atom stereocenters. The largest absolute Gasteiger partial charge is 0.462 e. The van der Waals surface area contributed by atoms with Gasteiger partial charge in [0.1, 0.15) is 6.10 Å². The van der Waals surface area contributed by atoms with E-state index in [0.717, 1.165) is 64.5 Å². The van der Waals surface area contributed by atoms with E-state index in [1.54, 1.807) is 0 Å². The molecule has 1 rings (SSSR count). The van der Waals surface area contributed by atoms with Crippen molar-refractivity contribution in [3.8, 4) is 0 Å². The molecule has 0 saturated carbocycles. The number of nitrogens with zero attached hydrogens (tertiary/aromatic N) is 1. The highest BCUT2D eigenvalue weighted by molar-refractivity contribution is 5.76. The molecule has 1 saturated heterocycles. The molecule has 0 bridgehead atoms. The van der Waals surface area contributed by atoms with Gasteiger partial charge in [-0.1, -0.05) is 132 Å². The van der Waals surface area contributed by atoms with Crippen molar-refractivity contribution in [2.75, 3.05) is 26.2 Å². The first-order valence-electron chi connectivity index (χ1n) is 19.3. The maximum absolute atomic E-state index is 12.3. The maximum Gasteiger partial charge on any atom is 0.306 e. The van der Waals surface area contributed by atoms with Crippen LogP contribution >= 0.6 is 0 Å². The lowest BCUT2D eigenvalue weighted by molar-refractivity contribution is -0.141. The minimum Gasteiger partial charge on any atom is -0.462 e.